The summed E-state index contributed by atoms with van der Waals surface area (Å²) in [7, 11) is 1.59. The maximum absolute atomic E-state index is 11.4. The van der Waals surface area contributed by atoms with Gasteiger partial charge in [-0.1, -0.05) is 6.07 Å². The van der Waals surface area contributed by atoms with E-state index in [4.69, 9.17) is 10.5 Å². The van der Waals surface area contributed by atoms with E-state index >= 15 is 0 Å². The number of primary amides is 1. The first-order valence-electron chi connectivity index (χ1n) is 5.73. The second-order valence-corrected chi connectivity index (χ2v) is 4.12. The number of nitrogens with two attached hydrogens (primary N) is 1. The fourth-order valence-electron chi connectivity index (χ4n) is 2.00. The summed E-state index contributed by atoms with van der Waals surface area (Å²) in [5, 5.41) is 0. The number of hydrogen-bond donors (Lipinski definition) is 1. The molecule has 0 radical (unpaired) electrons. The van der Waals surface area contributed by atoms with E-state index in [9.17, 15) is 4.79 Å². The first-order chi connectivity index (χ1) is 9.19. The van der Waals surface area contributed by atoms with Crippen LogP contribution < -0.4 is 10.5 Å². The van der Waals surface area contributed by atoms with Crippen LogP contribution in [-0.2, 0) is 0 Å². The van der Waals surface area contributed by atoms with Crippen LogP contribution in [0.15, 0.2) is 36.4 Å². The lowest BCUT2D eigenvalue weighted by Gasteiger charge is -2.05. The molecule has 5 nitrogen and oxygen atoms in total. The Morgan fingerprint density at radius 1 is 1.11 bits per heavy atom. The lowest BCUT2D eigenvalue weighted by atomic mass is 10.1. The maximum atomic E-state index is 11.4. The Bertz CT molecular complexity index is 799. The smallest absolute Gasteiger partial charge is 0.250 e. The van der Waals surface area contributed by atoms with Gasteiger partial charge >= 0.3 is 0 Å². The number of aromatic nitrogens is 2. The Morgan fingerprint density at radius 2 is 1.95 bits per heavy atom. The summed E-state index contributed by atoms with van der Waals surface area (Å²) in [6.07, 6.45) is 0. The zero-order chi connectivity index (χ0) is 13.4. The minimum atomic E-state index is -0.512. The Balaban J connectivity index is 2.39. The Hall–Kier alpha value is -2.69. The fraction of sp³-hybridized carbons (Fsp3) is 0.0714. The van der Waals surface area contributed by atoms with E-state index in [1.54, 1.807) is 31.4 Å². The maximum Gasteiger partial charge on any atom is 0.250 e. The lowest BCUT2D eigenvalue weighted by molar-refractivity contribution is 0.100. The molecule has 0 unspecified atom stereocenters. The van der Waals surface area contributed by atoms with Gasteiger partial charge in [0.05, 0.1) is 29.2 Å². The van der Waals surface area contributed by atoms with Gasteiger partial charge in [0.25, 0.3) is 5.91 Å². The van der Waals surface area contributed by atoms with Gasteiger partial charge in [-0.05, 0) is 24.3 Å². The minimum Gasteiger partial charge on any atom is -0.497 e. The molecule has 0 saturated carbocycles. The predicted octanol–water partition coefficient (Wildman–Crippen LogP) is 1.89. The van der Waals surface area contributed by atoms with Crippen molar-refractivity contribution < 1.29 is 9.53 Å². The van der Waals surface area contributed by atoms with Crippen LogP contribution in [-0.4, -0.2) is 23.0 Å². The molecule has 0 atom stereocenters. The molecule has 3 aromatic rings. The lowest BCUT2D eigenvalue weighted by Crippen LogP contribution is -2.12. The Morgan fingerprint density at radius 3 is 2.68 bits per heavy atom. The number of carbonyl (C=O) groups is 1. The fourth-order valence-corrected chi connectivity index (χ4v) is 2.00. The number of hydrogen-bond acceptors (Lipinski definition) is 4. The van der Waals surface area contributed by atoms with Gasteiger partial charge in [0.15, 0.2) is 0 Å². The average Bonchev–Trinajstić information content (AvgIpc) is 2.43. The van der Waals surface area contributed by atoms with E-state index < -0.39 is 5.91 Å². The topological polar surface area (TPSA) is 78.1 Å². The molecule has 0 fully saturated rings. The van der Waals surface area contributed by atoms with Crippen molar-refractivity contribution in [1.82, 2.24) is 9.97 Å². The molecule has 0 aliphatic carbocycles. The van der Waals surface area contributed by atoms with Crippen molar-refractivity contribution in [2.45, 2.75) is 0 Å². The van der Waals surface area contributed by atoms with Gasteiger partial charge in [-0.25, -0.2) is 9.97 Å². The van der Waals surface area contributed by atoms with E-state index in [0.29, 0.717) is 27.9 Å². The van der Waals surface area contributed by atoms with E-state index in [-0.39, 0.29) is 0 Å². The van der Waals surface area contributed by atoms with Crippen molar-refractivity contribution in [1.29, 1.82) is 0 Å². The van der Waals surface area contributed by atoms with Crippen molar-refractivity contribution in [3.63, 3.8) is 0 Å². The number of carbonyl (C=O) groups excluding carboxylic acids is 1. The molecule has 2 N–H and O–H groups in total. The number of nitrogens with zero attached hydrogens (tertiary/aromatic N) is 2. The third kappa shape index (κ3) is 1.85. The molecule has 3 rings (SSSR count). The van der Waals surface area contributed by atoms with Gasteiger partial charge in [-0.2, -0.15) is 0 Å². The highest BCUT2D eigenvalue weighted by atomic mass is 16.5. The van der Waals surface area contributed by atoms with Crippen LogP contribution in [0.1, 0.15) is 10.4 Å². The van der Waals surface area contributed by atoms with Crippen molar-refractivity contribution in [2.75, 3.05) is 7.11 Å². The highest BCUT2D eigenvalue weighted by molar-refractivity contribution is 6.05. The third-order valence-corrected chi connectivity index (χ3v) is 2.94. The van der Waals surface area contributed by atoms with Crippen molar-refractivity contribution in [3.8, 4) is 5.75 Å². The molecule has 0 saturated heterocycles. The van der Waals surface area contributed by atoms with E-state index in [1.165, 1.54) is 0 Å². The average molecular weight is 253 g/mol. The van der Waals surface area contributed by atoms with Crippen molar-refractivity contribution in [3.05, 3.63) is 42.0 Å². The molecule has 5 heteroatoms. The number of ether oxygens (including phenoxy) is 1. The summed E-state index contributed by atoms with van der Waals surface area (Å²) in [6.45, 7) is 0. The van der Waals surface area contributed by atoms with Gasteiger partial charge in [-0.15, -0.1) is 0 Å². The molecule has 94 valence electrons. The van der Waals surface area contributed by atoms with Gasteiger partial charge in [0.1, 0.15) is 11.3 Å². The highest BCUT2D eigenvalue weighted by Crippen LogP contribution is 2.22. The van der Waals surface area contributed by atoms with Gasteiger partial charge in [0.2, 0.25) is 0 Å². The summed E-state index contributed by atoms with van der Waals surface area (Å²) < 4.78 is 5.15. The monoisotopic (exact) mass is 253 g/mol. The molecule has 0 aliphatic heterocycles. The summed E-state index contributed by atoms with van der Waals surface area (Å²) in [6, 6.07) is 10.6. The summed E-state index contributed by atoms with van der Waals surface area (Å²) in [4.78, 5) is 20.3. The van der Waals surface area contributed by atoms with E-state index in [1.807, 2.05) is 12.1 Å². The number of para-hydroxylation sites is 1. The van der Waals surface area contributed by atoms with Gasteiger partial charge in [-0.3, -0.25) is 4.79 Å². The van der Waals surface area contributed by atoms with Gasteiger partial charge in [0, 0.05) is 6.07 Å². The Kier molecular flexibility index (Phi) is 2.52. The zero-order valence-electron chi connectivity index (χ0n) is 10.3. The standard InChI is InChI=1S/C14H11N3O2/c1-19-8-5-6-10-12(7-8)17-13-9(14(15)18)3-2-4-11(13)16-10/h2-7H,1H3,(H2,15,18). The van der Waals surface area contributed by atoms with Crippen LogP contribution >= 0.6 is 0 Å². The number of rotatable bonds is 2. The normalized spacial score (nSPS) is 10.8. The molecule has 19 heavy (non-hydrogen) atoms. The van der Waals surface area contributed by atoms with Crippen LogP contribution in [0.2, 0.25) is 0 Å². The molecule has 1 aromatic heterocycles. The summed E-state index contributed by atoms with van der Waals surface area (Å²) in [5.74, 6) is 0.180. The summed E-state index contributed by atoms with van der Waals surface area (Å²) >= 11 is 0. The predicted molar refractivity (Wildman–Crippen MR) is 72.1 cm³/mol. The van der Waals surface area contributed by atoms with E-state index in [0.717, 1.165) is 5.52 Å². The molecular formula is C14H11N3O2. The van der Waals surface area contributed by atoms with Crippen LogP contribution in [0.3, 0.4) is 0 Å². The van der Waals surface area contributed by atoms with Crippen molar-refractivity contribution in [2.24, 2.45) is 5.73 Å². The zero-order valence-corrected chi connectivity index (χ0v) is 10.3. The number of amides is 1. The number of methoxy groups -OCH3 is 1. The largest absolute Gasteiger partial charge is 0.497 e. The molecular weight excluding hydrogens is 242 g/mol. The van der Waals surface area contributed by atoms with Crippen LogP contribution in [0.25, 0.3) is 22.1 Å². The molecule has 1 heterocycles. The Labute approximate surface area is 109 Å². The molecule has 2 aromatic carbocycles. The van der Waals surface area contributed by atoms with Crippen LogP contribution in [0.4, 0.5) is 0 Å². The quantitative estimate of drug-likeness (QED) is 0.707. The first-order valence-corrected chi connectivity index (χ1v) is 5.73. The molecule has 0 spiro atoms. The second-order valence-electron chi connectivity index (χ2n) is 4.12. The van der Waals surface area contributed by atoms with Crippen molar-refractivity contribution >= 4 is 28.0 Å². The number of benzene rings is 2. The highest BCUT2D eigenvalue weighted by Gasteiger charge is 2.10. The first kappa shape index (κ1) is 11.4. The van der Waals surface area contributed by atoms with E-state index in [2.05, 4.69) is 9.97 Å². The second kappa shape index (κ2) is 4.20. The van der Waals surface area contributed by atoms with Crippen LogP contribution in [0, 0.1) is 0 Å². The molecule has 1 amide bonds. The summed E-state index contributed by atoms with van der Waals surface area (Å²) in [5.41, 5.74) is 8.29. The molecule has 0 aliphatic rings. The SMILES string of the molecule is COc1ccc2nc3cccc(C(N)=O)c3nc2c1. The van der Waals surface area contributed by atoms with Crippen LogP contribution in [0.5, 0.6) is 5.75 Å². The van der Waals surface area contributed by atoms with Gasteiger partial charge < -0.3 is 10.5 Å². The third-order valence-electron chi connectivity index (χ3n) is 2.94. The minimum absolute atomic E-state index is 0.370. The molecule has 0 bridgehead atoms. The number of fused-ring (bicyclic) bond motifs is 2.